The molecule has 0 spiro atoms. The first kappa shape index (κ1) is 19.4. The second-order valence-corrected chi connectivity index (χ2v) is 7.27. The van der Waals surface area contributed by atoms with E-state index in [9.17, 15) is 9.59 Å². The van der Waals surface area contributed by atoms with Gasteiger partial charge >= 0.3 is 6.03 Å². The van der Waals surface area contributed by atoms with E-state index >= 15 is 0 Å². The van der Waals surface area contributed by atoms with Crippen molar-refractivity contribution in [1.29, 1.82) is 0 Å². The highest BCUT2D eigenvalue weighted by Crippen LogP contribution is 2.18. The lowest BCUT2D eigenvalue weighted by atomic mass is 10.1. The van der Waals surface area contributed by atoms with E-state index < -0.39 is 0 Å². The minimum absolute atomic E-state index is 0.0981. The molecule has 2 aromatic carbocycles. The molecular formula is C22H26N4O3. The number of urea groups is 1. The molecule has 152 valence electrons. The lowest BCUT2D eigenvalue weighted by Crippen LogP contribution is -2.36. The third-order valence-electron chi connectivity index (χ3n) is 5.35. The standard InChI is InChI=1S/C22H26N4O3/c27-21(17-5-7-20(8-6-17)26-10-9-23-22(26)28)24-15-18-3-1-2-4-19(18)16-25-11-13-29-14-12-25/h1-8H,9-16H2,(H,23,28)(H,24,27). The van der Waals surface area contributed by atoms with Crippen molar-refractivity contribution in [2.24, 2.45) is 0 Å². The van der Waals surface area contributed by atoms with Crippen molar-refractivity contribution < 1.29 is 14.3 Å². The highest BCUT2D eigenvalue weighted by Gasteiger charge is 2.21. The van der Waals surface area contributed by atoms with Crippen molar-refractivity contribution in [1.82, 2.24) is 15.5 Å². The maximum atomic E-state index is 12.6. The van der Waals surface area contributed by atoms with Gasteiger partial charge in [0, 0.05) is 50.5 Å². The van der Waals surface area contributed by atoms with Crippen LogP contribution in [0.5, 0.6) is 0 Å². The van der Waals surface area contributed by atoms with E-state index in [0.29, 0.717) is 25.2 Å². The number of anilines is 1. The topological polar surface area (TPSA) is 73.9 Å². The summed E-state index contributed by atoms with van der Waals surface area (Å²) in [6, 6.07) is 15.3. The van der Waals surface area contributed by atoms with E-state index in [0.717, 1.165) is 44.1 Å². The predicted octanol–water partition coefficient (Wildman–Crippen LogP) is 1.98. The number of ether oxygens (including phenoxy) is 1. The van der Waals surface area contributed by atoms with E-state index in [1.807, 2.05) is 24.3 Å². The molecule has 0 aliphatic carbocycles. The monoisotopic (exact) mass is 394 g/mol. The highest BCUT2D eigenvalue weighted by molar-refractivity contribution is 5.97. The molecule has 2 aliphatic rings. The van der Waals surface area contributed by atoms with Crippen molar-refractivity contribution in [2.75, 3.05) is 44.3 Å². The van der Waals surface area contributed by atoms with Crippen molar-refractivity contribution in [3.63, 3.8) is 0 Å². The minimum Gasteiger partial charge on any atom is -0.379 e. The van der Waals surface area contributed by atoms with Crippen LogP contribution in [-0.4, -0.2) is 56.2 Å². The summed E-state index contributed by atoms with van der Waals surface area (Å²) in [4.78, 5) is 28.4. The van der Waals surface area contributed by atoms with Gasteiger partial charge in [-0.2, -0.15) is 0 Å². The van der Waals surface area contributed by atoms with Gasteiger partial charge in [0.2, 0.25) is 0 Å². The van der Waals surface area contributed by atoms with E-state index in [1.54, 1.807) is 17.0 Å². The molecule has 29 heavy (non-hydrogen) atoms. The summed E-state index contributed by atoms with van der Waals surface area (Å²) < 4.78 is 5.42. The number of nitrogens with one attached hydrogen (secondary N) is 2. The van der Waals surface area contributed by atoms with Gasteiger partial charge in [0.15, 0.2) is 0 Å². The molecule has 2 aliphatic heterocycles. The Morgan fingerprint density at radius 2 is 1.72 bits per heavy atom. The Morgan fingerprint density at radius 1 is 1.00 bits per heavy atom. The zero-order chi connectivity index (χ0) is 20.1. The molecule has 2 fully saturated rings. The molecule has 0 bridgehead atoms. The van der Waals surface area contributed by atoms with Gasteiger partial charge in [-0.3, -0.25) is 14.6 Å². The number of hydrogen-bond donors (Lipinski definition) is 2. The Labute approximate surface area is 170 Å². The summed E-state index contributed by atoms with van der Waals surface area (Å²) in [6.45, 7) is 6.04. The summed E-state index contributed by atoms with van der Waals surface area (Å²) in [5, 5.41) is 5.79. The second-order valence-electron chi connectivity index (χ2n) is 7.27. The van der Waals surface area contributed by atoms with Crippen LogP contribution in [0.3, 0.4) is 0 Å². The van der Waals surface area contributed by atoms with Crippen LogP contribution in [0.15, 0.2) is 48.5 Å². The third kappa shape index (κ3) is 4.75. The Hall–Kier alpha value is -2.90. The predicted molar refractivity (Wildman–Crippen MR) is 111 cm³/mol. The van der Waals surface area contributed by atoms with Crippen LogP contribution in [0.1, 0.15) is 21.5 Å². The Kier molecular flexibility index (Phi) is 6.07. The van der Waals surface area contributed by atoms with E-state index in [1.165, 1.54) is 5.56 Å². The molecule has 7 heteroatoms. The number of nitrogens with zero attached hydrogens (tertiary/aromatic N) is 2. The van der Waals surface area contributed by atoms with Gasteiger partial charge < -0.3 is 15.4 Å². The van der Waals surface area contributed by atoms with Crippen LogP contribution < -0.4 is 15.5 Å². The minimum atomic E-state index is -0.122. The summed E-state index contributed by atoms with van der Waals surface area (Å²) >= 11 is 0. The van der Waals surface area contributed by atoms with Crippen LogP contribution in [-0.2, 0) is 17.8 Å². The molecule has 0 radical (unpaired) electrons. The van der Waals surface area contributed by atoms with Crippen molar-refractivity contribution >= 4 is 17.6 Å². The van der Waals surface area contributed by atoms with Crippen molar-refractivity contribution in [3.05, 3.63) is 65.2 Å². The van der Waals surface area contributed by atoms with Crippen LogP contribution >= 0.6 is 0 Å². The molecule has 4 rings (SSSR count). The zero-order valence-electron chi connectivity index (χ0n) is 16.4. The zero-order valence-corrected chi connectivity index (χ0v) is 16.4. The molecule has 0 unspecified atom stereocenters. The molecule has 2 saturated heterocycles. The number of carbonyl (C=O) groups excluding carboxylic acids is 2. The number of morpholine rings is 1. The van der Waals surface area contributed by atoms with Gasteiger partial charge in [0.25, 0.3) is 5.91 Å². The first-order valence-electron chi connectivity index (χ1n) is 10.0. The number of amides is 3. The molecular weight excluding hydrogens is 368 g/mol. The summed E-state index contributed by atoms with van der Waals surface area (Å²) in [6.07, 6.45) is 0. The molecule has 0 saturated carbocycles. The Balaban J connectivity index is 1.36. The van der Waals surface area contributed by atoms with Gasteiger partial charge in [0.05, 0.1) is 13.2 Å². The van der Waals surface area contributed by atoms with Gasteiger partial charge in [0.1, 0.15) is 0 Å². The lowest BCUT2D eigenvalue weighted by molar-refractivity contribution is 0.0340. The average Bonchev–Trinajstić information content (AvgIpc) is 3.19. The molecule has 0 aromatic heterocycles. The number of rotatable bonds is 6. The van der Waals surface area contributed by atoms with Crippen LogP contribution in [0, 0.1) is 0 Å². The van der Waals surface area contributed by atoms with Crippen molar-refractivity contribution in [2.45, 2.75) is 13.1 Å². The van der Waals surface area contributed by atoms with E-state index in [-0.39, 0.29) is 11.9 Å². The quantitative estimate of drug-likeness (QED) is 0.786. The molecule has 3 amide bonds. The SMILES string of the molecule is O=C(NCc1ccccc1CN1CCOCC1)c1ccc(N2CCNC2=O)cc1. The third-order valence-corrected chi connectivity index (χ3v) is 5.35. The Morgan fingerprint density at radius 3 is 2.41 bits per heavy atom. The summed E-state index contributed by atoms with van der Waals surface area (Å²) in [5.74, 6) is -0.122. The maximum absolute atomic E-state index is 12.6. The second kappa shape index (κ2) is 9.07. The molecule has 2 N–H and O–H groups in total. The fraction of sp³-hybridized carbons (Fsp3) is 0.364. The normalized spacial score (nSPS) is 17.2. The highest BCUT2D eigenvalue weighted by atomic mass is 16.5. The van der Waals surface area contributed by atoms with Crippen LogP contribution in [0.4, 0.5) is 10.5 Å². The van der Waals surface area contributed by atoms with Gasteiger partial charge in [-0.1, -0.05) is 24.3 Å². The maximum Gasteiger partial charge on any atom is 0.321 e. The Bertz CT molecular complexity index is 863. The summed E-state index contributed by atoms with van der Waals surface area (Å²) in [5.41, 5.74) is 3.73. The van der Waals surface area contributed by atoms with E-state index in [4.69, 9.17) is 4.74 Å². The summed E-state index contributed by atoms with van der Waals surface area (Å²) in [7, 11) is 0. The lowest BCUT2D eigenvalue weighted by Gasteiger charge is -2.27. The number of hydrogen-bond acceptors (Lipinski definition) is 4. The molecule has 2 heterocycles. The largest absolute Gasteiger partial charge is 0.379 e. The van der Waals surface area contributed by atoms with Gasteiger partial charge in [-0.25, -0.2) is 4.79 Å². The first-order valence-corrected chi connectivity index (χ1v) is 10.0. The fourth-order valence-corrected chi connectivity index (χ4v) is 3.67. The molecule has 7 nitrogen and oxygen atoms in total. The average molecular weight is 394 g/mol. The number of benzene rings is 2. The van der Waals surface area contributed by atoms with Gasteiger partial charge in [-0.15, -0.1) is 0 Å². The smallest absolute Gasteiger partial charge is 0.321 e. The molecule has 0 atom stereocenters. The van der Waals surface area contributed by atoms with Crippen molar-refractivity contribution in [3.8, 4) is 0 Å². The number of carbonyl (C=O) groups is 2. The van der Waals surface area contributed by atoms with Gasteiger partial charge in [-0.05, 0) is 35.4 Å². The van der Waals surface area contributed by atoms with E-state index in [2.05, 4.69) is 27.7 Å². The van der Waals surface area contributed by atoms with Crippen LogP contribution in [0.2, 0.25) is 0 Å². The molecule has 2 aromatic rings. The first-order chi connectivity index (χ1) is 14.2. The fourth-order valence-electron chi connectivity index (χ4n) is 3.67. The van der Waals surface area contributed by atoms with Crippen LogP contribution in [0.25, 0.3) is 0 Å².